The molecule has 2 N–H and O–H groups in total. The van der Waals surface area contributed by atoms with E-state index in [4.69, 9.17) is 9.84 Å². The molecule has 0 spiro atoms. The number of aliphatic hydroxyl groups excluding tert-OH is 1. The van der Waals surface area contributed by atoms with Gasteiger partial charge in [-0.05, 0) is 50.9 Å². The summed E-state index contributed by atoms with van der Waals surface area (Å²) >= 11 is 0. The molecule has 2 fully saturated rings. The molecule has 2 rings (SSSR count). The summed E-state index contributed by atoms with van der Waals surface area (Å²) in [6.07, 6.45) is 6.88. The summed E-state index contributed by atoms with van der Waals surface area (Å²) in [6, 6.07) is 0.602. The van der Waals surface area contributed by atoms with Crippen LogP contribution in [0, 0.1) is 5.41 Å². The van der Waals surface area contributed by atoms with Crippen LogP contribution in [0.15, 0.2) is 0 Å². The number of hydrogen-bond acceptors (Lipinski definition) is 3. The predicted octanol–water partition coefficient (Wildman–Crippen LogP) is 2.09. The van der Waals surface area contributed by atoms with E-state index < -0.39 is 0 Å². The summed E-state index contributed by atoms with van der Waals surface area (Å²) in [6.45, 7) is 6.73. The summed E-state index contributed by atoms with van der Waals surface area (Å²) in [5.41, 5.74) is 0.499. The van der Waals surface area contributed by atoms with Crippen molar-refractivity contribution in [1.29, 1.82) is 0 Å². The number of nitrogens with one attached hydrogen (secondary N) is 1. The van der Waals surface area contributed by atoms with Gasteiger partial charge in [0.15, 0.2) is 0 Å². The zero-order valence-electron chi connectivity index (χ0n) is 11.3. The van der Waals surface area contributed by atoms with Crippen LogP contribution >= 0.6 is 0 Å². The van der Waals surface area contributed by atoms with Crippen LogP contribution in [0.3, 0.4) is 0 Å². The normalized spacial score (nSPS) is 35.8. The molecule has 3 nitrogen and oxygen atoms in total. The van der Waals surface area contributed by atoms with E-state index in [2.05, 4.69) is 19.2 Å². The first kappa shape index (κ1) is 13.3. The van der Waals surface area contributed by atoms with Gasteiger partial charge < -0.3 is 15.2 Å². The van der Waals surface area contributed by atoms with Crippen molar-refractivity contribution in [3.05, 3.63) is 0 Å². The quantitative estimate of drug-likeness (QED) is 0.748. The lowest BCUT2D eigenvalue weighted by Crippen LogP contribution is -2.46. The molecule has 2 aliphatic rings. The smallest absolute Gasteiger partial charge is 0.0666 e. The molecule has 0 aromatic heterocycles. The zero-order valence-corrected chi connectivity index (χ0v) is 11.3. The minimum atomic E-state index is 0.0730. The van der Waals surface area contributed by atoms with Gasteiger partial charge in [0, 0.05) is 25.8 Å². The van der Waals surface area contributed by atoms with E-state index in [1.165, 1.54) is 12.8 Å². The van der Waals surface area contributed by atoms with Crippen molar-refractivity contribution in [2.24, 2.45) is 5.41 Å². The van der Waals surface area contributed by atoms with Crippen molar-refractivity contribution in [2.75, 3.05) is 19.8 Å². The van der Waals surface area contributed by atoms with Crippen molar-refractivity contribution in [1.82, 2.24) is 5.32 Å². The van der Waals surface area contributed by atoms with Gasteiger partial charge in [0.2, 0.25) is 0 Å². The van der Waals surface area contributed by atoms with Crippen molar-refractivity contribution >= 4 is 0 Å². The Labute approximate surface area is 105 Å². The van der Waals surface area contributed by atoms with Crippen LogP contribution < -0.4 is 5.32 Å². The first-order valence-corrected chi connectivity index (χ1v) is 7.10. The summed E-state index contributed by atoms with van der Waals surface area (Å²) in [5, 5.41) is 12.8. The highest BCUT2D eigenvalue weighted by Crippen LogP contribution is 2.48. The van der Waals surface area contributed by atoms with E-state index in [0.29, 0.717) is 18.1 Å². The minimum absolute atomic E-state index is 0.0730. The van der Waals surface area contributed by atoms with Crippen LogP contribution in [0.5, 0.6) is 0 Å². The first-order chi connectivity index (χ1) is 8.11. The number of rotatable bonds is 6. The molecule has 0 bridgehead atoms. The van der Waals surface area contributed by atoms with Gasteiger partial charge in [-0.15, -0.1) is 0 Å². The third kappa shape index (κ3) is 3.43. The highest BCUT2D eigenvalue weighted by Gasteiger charge is 2.42. The molecular formula is C14H27NO2. The van der Waals surface area contributed by atoms with Gasteiger partial charge in [-0.1, -0.05) is 6.92 Å². The van der Waals surface area contributed by atoms with E-state index in [1.54, 1.807) is 0 Å². The maximum atomic E-state index is 9.05. The SMILES string of the molecule is CCC1(C)CC(NCC2(CCO)CC2)CCO1. The Bertz CT molecular complexity index is 253. The summed E-state index contributed by atoms with van der Waals surface area (Å²) in [7, 11) is 0. The second-order valence-corrected chi connectivity index (χ2v) is 6.20. The maximum Gasteiger partial charge on any atom is 0.0666 e. The average Bonchev–Trinajstić information content (AvgIpc) is 3.08. The fourth-order valence-electron chi connectivity index (χ4n) is 2.84. The second kappa shape index (κ2) is 5.25. The molecule has 0 aromatic carbocycles. The van der Waals surface area contributed by atoms with Gasteiger partial charge in [-0.2, -0.15) is 0 Å². The van der Waals surface area contributed by atoms with Gasteiger partial charge in [0.25, 0.3) is 0 Å². The Hall–Kier alpha value is -0.120. The van der Waals surface area contributed by atoms with Gasteiger partial charge >= 0.3 is 0 Å². The fourth-order valence-corrected chi connectivity index (χ4v) is 2.84. The number of aliphatic hydroxyl groups is 1. The van der Waals surface area contributed by atoms with E-state index in [-0.39, 0.29) is 5.60 Å². The van der Waals surface area contributed by atoms with Crippen LogP contribution in [-0.2, 0) is 4.74 Å². The third-order valence-corrected chi connectivity index (χ3v) is 4.71. The Morgan fingerprint density at radius 1 is 1.41 bits per heavy atom. The highest BCUT2D eigenvalue weighted by molar-refractivity contribution is 4.96. The molecule has 0 radical (unpaired) electrons. The molecule has 3 heteroatoms. The first-order valence-electron chi connectivity index (χ1n) is 7.10. The van der Waals surface area contributed by atoms with Crippen LogP contribution in [0.25, 0.3) is 0 Å². The summed E-state index contributed by atoms with van der Waals surface area (Å²) < 4.78 is 5.86. The van der Waals surface area contributed by atoms with E-state index in [0.717, 1.165) is 38.8 Å². The average molecular weight is 241 g/mol. The van der Waals surface area contributed by atoms with E-state index in [9.17, 15) is 0 Å². The molecule has 1 aliphatic heterocycles. The molecule has 2 unspecified atom stereocenters. The molecule has 100 valence electrons. The fraction of sp³-hybridized carbons (Fsp3) is 1.00. The third-order valence-electron chi connectivity index (χ3n) is 4.71. The van der Waals surface area contributed by atoms with Crippen molar-refractivity contribution < 1.29 is 9.84 Å². The van der Waals surface area contributed by atoms with Gasteiger partial charge in [-0.3, -0.25) is 0 Å². The molecule has 0 amide bonds. The molecule has 1 saturated carbocycles. The van der Waals surface area contributed by atoms with Gasteiger partial charge in [0.1, 0.15) is 0 Å². The monoisotopic (exact) mass is 241 g/mol. The van der Waals surface area contributed by atoms with Gasteiger partial charge in [0.05, 0.1) is 5.60 Å². The zero-order chi connectivity index (χ0) is 12.4. The van der Waals surface area contributed by atoms with Crippen LogP contribution in [0.4, 0.5) is 0 Å². The molecule has 0 aromatic rings. The molecule has 17 heavy (non-hydrogen) atoms. The summed E-state index contributed by atoms with van der Waals surface area (Å²) in [5.74, 6) is 0. The predicted molar refractivity (Wildman–Crippen MR) is 69.0 cm³/mol. The van der Waals surface area contributed by atoms with Crippen LogP contribution in [0.2, 0.25) is 0 Å². The lowest BCUT2D eigenvalue weighted by molar-refractivity contribution is -0.0784. The largest absolute Gasteiger partial charge is 0.396 e. The van der Waals surface area contributed by atoms with Crippen molar-refractivity contribution in [3.63, 3.8) is 0 Å². The molecule has 1 aliphatic carbocycles. The lowest BCUT2D eigenvalue weighted by atomic mass is 9.89. The van der Waals surface area contributed by atoms with Crippen LogP contribution in [0.1, 0.15) is 52.4 Å². The Kier molecular flexibility index (Phi) is 4.11. The molecular weight excluding hydrogens is 214 g/mol. The van der Waals surface area contributed by atoms with E-state index in [1.807, 2.05) is 0 Å². The molecule has 1 heterocycles. The number of hydrogen-bond donors (Lipinski definition) is 2. The Morgan fingerprint density at radius 3 is 2.76 bits per heavy atom. The summed E-state index contributed by atoms with van der Waals surface area (Å²) in [4.78, 5) is 0. The number of ether oxygens (including phenoxy) is 1. The maximum absolute atomic E-state index is 9.05. The molecule has 1 saturated heterocycles. The second-order valence-electron chi connectivity index (χ2n) is 6.20. The van der Waals surface area contributed by atoms with Gasteiger partial charge in [-0.25, -0.2) is 0 Å². The Morgan fingerprint density at radius 2 is 2.18 bits per heavy atom. The van der Waals surface area contributed by atoms with Crippen molar-refractivity contribution in [2.45, 2.75) is 64.0 Å². The van der Waals surface area contributed by atoms with E-state index >= 15 is 0 Å². The minimum Gasteiger partial charge on any atom is -0.396 e. The topological polar surface area (TPSA) is 41.5 Å². The van der Waals surface area contributed by atoms with Crippen molar-refractivity contribution in [3.8, 4) is 0 Å². The molecule has 2 atom stereocenters. The highest BCUT2D eigenvalue weighted by atomic mass is 16.5. The Balaban J connectivity index is 1.76. The van der Waals surface area contributed by atoms with Crippen LogP contribution in [-0.4, -0.2) is 36.5 Å². The lowest BCUT2D eigenvalue weighted by Gasteiger charge is -2.38. The standard InChI is InChI=1S/C14H27NO2/c1-3-13(2)10-12(4-9-17-13)15-11-14(5-6-14)7-8-16/h12,15-16H,3-11H2,1-2H3.